The zero-order valence-electron chi connectivity index (χ0n) is 16.9. The highest BCUT2D eigenvalue weighted by atomic mass is 16.3. The van der Waals surface area contributed by atoms with Crippen LogP contribution >= 0.6 is 0 Å². The predicted octanol–water partition coefficient (Wildman–Crippen LogP) is 6.85. The highest BCUT2D eigenvalue weighted by Gasteiger charge is 2.30. The number of phenols is 1. The van der Waals surface area contributed by atoms with E-state index in [0.717, 1.165) is 11.1 Å². The average Bonchev–Trinajstić information content (AvgIpc) is 2.36. The van der Waals surface area contributed by atoms with Crippen LogP contribution in [0.25, 0.3) is 0 Å². The molecule has 1 aromatic rings. The van der Waals surface area contributed by atoms with Crippen LogP contribution in [0.2, 0.25) is 0 Å². The normalized spacial score (nSPS) is 13.4. The molecule has 0 fully saturated rings. The Kier molecular flexibility index (Phi) is 5.99. The molecule has 0 saturated heterocycles. The molecule has 0 saturated carbocycles. The van der Waals surface area contributed by atoms with Crippen molar-refractivity contribution in [3.05, 3.63) is 28.8 Å². The van der Waals surface area contributed by atoms with E-state index in [4.69, 9.17) is 0 Å². The second kappa shape index (κ2) is 6.87. The van der Waals surface area contributed by atoms with Crippen molar-refractivity contribution in [3.63, 3.8) is 0 Å². The smallest absolute Gasteiger partial charge is 0.123 e. The average molecular weight is 319 g/mol. The summed E-state index contributed by atoms with van der Waals surface area (Å²) in [5, 5.41) is 10.9. The Bertz CT molecular complexity index is 489. The molecule has 23 heavy (non-hydrogen) atoms. The number of phenolic OH excluding ortho intramolecular Hbond substituents is 1. The first-order valence-electron chi connectivity index (χ1n) is 9.19. The van der Waals surface area contributed by atoms with E-state index in [-0.39, 0.29) is 16.2 Å². The quantitative estimate of drug-likeness (QED) is 0.589. The highest BCUT2D eigenvalue weighted by Crippen LogP contribution is 2.43. The van der Waals surface area contributed by atoms with Crippen LogP contribution in [0.5, 0.6) is 5.75 Å². The minimum absolute atomic E-state index is 0.0560. The number of benzene rings is 1. The van der Waals surface area contributed by atoms with Crippen LogP contribution in [0, 0.1) is 0 Å². The monoisotopic (exact) mass is 318 g/mol. The van der Waals surface area contributed by atoms with Gasteiger partial charge in [0, 0.05) is 0 Å². The van der Waals surface area contributed by atoms with Crippen molar-refractivity contribution in [1.82, 2.24) is 0 Å². The number of aromatic hydroxyl groups is 1. The Morgan fingerprint density at radius 2 is 1.22 bits per heavy atom. The molecule has 0 aliphatic heterocycles. The van der Waals surface area contributed by atoms with Crippen molar-refractivity contribution < 1.29 is 5.11 Å². The zero-order chi connectivity index (χ0) is 18.1. The van der Waals surface area contributed by atoms with Gasteiger partial charge in [-0.15, -0.1) is 0 Å². The van der Waals surface area contributed by atoms with Crippen molar-refractivity contribution in [2.75, 3.05) is 0 Å². The molecule has 1 aromatic carbocycles. The van der Waals surface area contributed by atoms with E-state index in [2.05, 4.69) is 74.4 Å². The summed E-state index contributed by atoms with van der Waals surface area (Å²) in [7, 11) is 0. The Hall–Kier alpha value is -0.980. The van der Waals surface area contributed by atoms with Crippen LogP contribution < -0.4 is 0 Å². The highest BCUT2D eigenvalue weighted by molar-refractivity contribution is 5.51. The Labute approximate surface area is 144 Å². The molecule has 0 atom stereocenters. The summed E-state index contributed by atoms with van der Waals surface area (Å²) >= 11 is 0. The standard InChI is InChI=1S/C22H38O/c1-10-11-12-13-22(8,9)16-14-17(20(2,3)4)19(23)18(15-16)21(5,6)7/h14-15,23H,10-13H2,1-9H3. The minimum atomic E-state index is -0.0560. The van der Waals surface area contributed by atoms with Gasteiger partial charge in [0.15, 0.2) is 0 Å². The van der Waals surface area contributed by atoms with Crippen molar-refractivity contribution in [1.29, 1.82) is 0 Å². The lowest BCUT2D eigenvalue weighted by Crippen LogP contribution is -2.23. The second-order valence-electron chi connectivity index (χ2n) is 9.76. The molecule has 1 nitrogen and oxygen atoms in total. The van der Waals surface area contributed by atoms with E-state index in [1.807, 2.05) is 0 Å². The second-order valence-corrected chi connectivity index (χ2v) is 9.76. The van der Waals surface area contributed by atoms with Gasteiger partial charge in [0.1, 0.15) is 5.75 Å². The van der Waals surface area contributed by atoms with E-state index in [1.54, 1.807) is 0 Å². The van der Waals surface area contributed by atoms with E-state index < -0.39 is 0 Å². The molecule has 0 unspecified atom stereocenters. The molecule has 1 rings (SSSR count). The molecule has 0 bridgehead atoms. The van der Waals surface area contributed by atoms with Crippen molar-refractivity contribution >= 4 is 0 Å². The molecule has 0 aromatic heterocycles. The van der Waals surface area contributed by atoms with E-state index in [9.17, 15) is 5.11 Å². The van der Waals surface area contributed by atoms with Gasteiger partial charge >= 0.3 is 0 Å². The summed E-state index contributed by atoms with van der Waals surface area (Å²) in [5.41, 5.74) is 3.54. The third-order valence-corrected chi connectivity index (χ3v) is 4.91. The molecule has 0 heterocycles. The summed E-state index contributed by atoms with van der Waals surface area (Å²) in [6.07, 6.45) is 5.00. The van der Waals surface area contributed by atoms with Gasteiger partial charge in [-0.1, -0.05) is 93.7 Å². The molecule has 0 amide bonds. The van der Waals surface area contributed by atoms with Gasteiger partial charge in [-0.3, -0.25) is 0 Å². The van der Waals surface area contributed by atoms with Crippen LogP contribution in [-0.2, 0) is 16.2 Å². The molecule has 0 radical (unpaired) electrons. The topological polar surface area (TPSA) is 20.2 Å². The maximum absolute atomic E-state index is 10.9. The number of hydrogen-bond acceptors (Lipinski definition) is 1. The lowest BCUT2D eigenvalue weighted by molar-refractivity contribution is 0.414. The molecule has 0 aliphatic carbocycles. The molecule has 1 heteroatoms. The maximum atomic E-state index is 10.9. The van der Waals surface area contributed by atoms with Gasteiger partial charge in [0.25, 0.3) is 0 Å². The van der Waals surface area contributed by atoms with Crippen molar-refractivity contribution in [3.8, 4) is 5.75 Å². The van der Waals surface area contributed by atoms with E-state index >= 15 is 0 Å². The first-order chi connectivity index (χ1) is 10.3. The summed E-state index contributed by atoms with van der Waals surface area (Å²) in [4.78, 5) is 0. The summed E-state index contributed by atoms with van der Waals surface area (Å²) in [6.45, 7) is 20.0. The summed E-state index contributed by atoms with van der Waals surface area (Å²) < 4.78 is 0. The van der Waals surface area contributed by atoms with Crippen molar-refractivity contribution in [2.45, 2.75) is 104 Å². The third-order valence-electron chi connectivity index (χ3n) is 4.91. The van der Waals surface area contributed by atoms with E-state index in [0.29, 0.717) is 5.75 Å². The Morgan fingerprint density at radius 3 is 1.57 bits per heavy atom. The number of unbranched alkanes of at least 4 members (excludes halogenated alkanes) is 2. The SMILES string of the molecule is CCCCCC(C)(C)c1cc(C(C)(C)C)c(O)c(C(C)(C)C)c1. The number of rotatable bonds is 5. The first kappa shape index (κ1) is 20.1. The van der Waals surface area contributed by atoms with Crippen LogP contribution in [0.3, 0.4) is 0 Å². The lowest BCUT2D eigenvalue weighted by Gasteiger charge is -2.33. The molecule has 0 spiro atoms. The van der Waals surface area contributed by atoms with Gasteiger partial charge in [-0.2, -0.15) is 0 Å². The molecule has 132 valence electrons. The Balaban J connectivity index is 3.44. The molecular weight excluding hydrogens is 280 g/mol. The van der Waals surface area contributed by atoms with Crippen LogP contribution in [0.4, 0.5) is 0 Å². The number of hydrogen-bond donors (Lipinski definition) is 1. The fourth-order valence-corrected chi connectivity index (χ4v) is 3.13. The minimum Gasteiger partial charge on any atom is -0.507 e. The van der Waals surface area contributed by atoms with Crippen LogP contribution in [0.15, 0.2) is 12.1 Å². The van der Waals surface area contributed by atoms with Crippen LogP contribution in [0.1, 0.15) is 105 Å². The molecule has 0 aliphatic rings. The largest absolute Gasteiger partial charge is 0.507 e. The van der Waals surface area contributed by atoms with Gasteiger partial charge in [0.05, 0.1) is 0 Å². The van der Waals surface area contributed by atoms with Crippen molar-refractivity contribution in [2.24, 2.45) is 0 Å². The predicted molar refractivity (Wildman–Crippen MR) is 103 cm³/mol. The first-order valence-corrected chi connectivity index (χ1v) is 9.19. The van der Waals surface area contributed by atoms with Gasteiger partial charge in [0.2, 0.25) is 0 Å². The summed E-state index contributed by atoms with van der Waals surface area (Å²) in [5.74, 6) is 0.484. The molecule has 1 N–H and O–H groups in total. The van der Waals surface area contributed by atoms with Gasteiger partial charge in [-0.05, 0) is 39.4 Å². The zero-order valence-corrected chi connectivity index (χ0v) is 16.9. The fraction of sp³-hybridized carbons (Fsp3) is 0.727. The van der Waals surface area contributed by atoms with E-state index in [1.165, 1.54) is 31.2 Å². The van der Waals surface area contributed by atoms with Gasteiger partial charge in [-0.25, -0.2) is 0 Å². The molecular formula is C22H38O. The lowest BCUT2D eigenvalue weighted by atomic mass is 9.73. The maximum Gasteiger partial charge on any atom is 0.123 e. The van der Waals surface area contributed by atoms with Crippen LogP contribution in [-0.4, -0.2) is 5.11 Å². The fourth-order valence-electron chi connectivity index (χ4n) is 3.13. The Morgan fingerprint density at radius 1 is 0.783 bits per heavy atom. The van der Waals surface area contributed by atoms with Gasteiger partial charge < -0.3 is 5.11 Å². The summed E-state index contributed by atoms with van der Waals surface area (Å²) in [6, 6.07) is 4.49. The third kappa shape index (κ3) is 4.99.